The lowest BCUT2D eigenvalue weighted by molar-refractivity contribution is -0.137. The monoisotopic (exact) mass is 406 g/mol. The minimum atomic E-state index is 0.0815. The fraction of sp³-hybridized carbons (Fsp3) is 0.455. The molecule has 3 aromatic rings. The van der Waals surface area contributed by atoms with Crippen LogP contribution in [0.25, 0.3) is 10.9 Å². The van der Waals surface area contributed by atoms with E-state index in [-0.39, 0.29) is 17.6 Å². The van der Waals surface area contributed by atoms with E-state index in [0.717, 1.165) is 63.1 Å². The average molecular weight is 406 g/mol. The van der Waals surface area contributed by atoms with E-state index in [1.54, 1.807) is 18.7 Å². The summed E-state index contributed by atoms with van der Waals surface area (Å²) >= 11 is 0. The third-order valence-electron chi connectivity index (χ3n) is 6.44. The van der Waals surface area contributed by atoms with Crippen LogP contribution in [0, 0.1) is 5.92 Å². The number of phenols is 1. The number of anilines is 1. The van der Waals surface area contributed by atoms with Gasteiger partial charge in [0.25, 0.3) is 0 Å². The van der Waals surface area contributed by atoms with Crippen molar-refractivity contribution in [3.8, 4) is 5.75 Å². The predicted molar refractivity (Wildman–Crippen MR) is 113 cm³/mol. The third kappa shape index (κ3) is 3.58. The van der Waals surface area contributed by atoms with Crippen LogP contribution in [0.5, 0.6) is 5.75 Å². The maximum Gasteiger partial charge on any atom is 0.225 e. The zero-order valence-corrected chi connectivity index (χ0v) is 16.9. The maximum absolute atomic E-state index is 13.0. The van der Waals surface area contributed by atoms with E-state index < -0.39 is 0 Å². The number of nitrogens with zero attached hydrogens (tertiary/aromatic N) is 6. The molecular weight excluding hydrogens is 380 g/mol. The Bertz CT molecular complexity index is 1020. The van der Waals surface area contributed by atoms with Gasteiger partial charge in [0.2, 0.25) is 5.91 Å². The van der Waals surface area contributed by atoms with Crippen LogP contribution in [0.1, 0.15) is 31.7 Å². The molecule has 0 atom stereocenters. The van der Waals surface area contributed by atoms with Crippen LogP contribution in [0.2, 0.25) is 0 Å². The van der Waals surface area contributed by atoms with E-state index in [0.29, 0.717) is 11.6 Å². The van der Waals surface area contributed by atoms with Crippen LogP contribution >= 0.6 is 0 Å². The van der Waals surface area contributed by atoms with Crippen LogP contribution in [0.15, 0.2) is 43.0 Å². The van der Waals surface area contributed by atoms with E-state index in [2.05, 4.69) is 20.0 Å². The molecule has 1 amide bonds. The quantitative estimate of drug-likeness (QED) is 0.719. The number of carbonyl (C=O) groups excluding carboxylic acids is 1. The third-order valence-corrected chi connectivity index (χ3v) is 6.44. The Morgan fingerprint density at radius 2 is 1.80 bits per heavy atom. The highest BCUT2D eigenvalue weighted by Gasteiger charge is 2.31. The van der Waals surface area contributed by atoms with E-state index in [4.69, 9.17) is 0 Å². The van der Waals surface area contributed by atoms with Crippen molar-refractivity contribution in [3.63, 3.8) is 0 Å². The van der Waals surface area contributed by atoms with Crippen molar-refractivity contribution in [2.24, 2.45) is 5.92 Å². The molecule has 0 bridgehead atoms. The number of aromatic nitrogens is 4. The number of rotatable bonds is 3. The summed E-state index contributed by atoms with van der Waals surface area (Å²) in [5.41, 5.74) is 0.628. The number of hydrogen-bond donors (Lipinski definition) is 1. The normalized spacial score (nSPS) is 18.8. The lowest BCUT2D eigenvalue weighted by Crippen LogP contribution is -2.45. The summed E-state index contributed by atoms with van der Waals surface area (Å²) in [5, 5.41) is 15.3. The van der Waals surface area contributed by atoms with Gasteiger partial charge in [-0.2, -0.15) is 5.10 Å². The second-order valence-corrected chi connectivity index (χ2v) is 8.21. The number of pyridine rings is 1. The van der Waals surface area contributed by atoms with Crippen molar-refractivity contribution in [2.75, 3.05) is 31.1 Å². The summed E-state index contributed by atoms with van der Waals surface area (Å²) in [7, 11) is 0. The summed E-state index contributed by atoms with van der Waals surface area (Å²) in [6.07, 6.45) is 6.86. The van der Waals surface area contributed by atoms with Crippen LogP contribution < -0.4 is 4.90 Å². The van der Waals surface area contributed by atoms with Gasteiger partial charge in [-0.3, -0.25) is 4.79 Å². The SMILES string of the molecule is O=C(C1CCN(c2ccc3cccc(O)c3n2)CC1)N1CCC(n2cncn2)CC1. The van der Waals surface area contributed by atoms with Gasteiger partial charge in [-0.05, 0) is 43.9 Å². The van der Waals surface area contributed by atoms with Crippen molar-refractivity contribution in [1.82, 2.24) is 24.6 Å². The number of likely N-dealkylation sites (tertiary alicyclic amines) is 1. The molecule has 2 aliphatic heterocycles. The fourth-order valence-electron chi connectivity index (χ4n) is 4.67. The Hall–Kier alpha value is -3.16. The molecule has 156 valence electrons. The largest absolute Gasteiger partial charge is 0.506 e. The first-order chi connectivity index (χ1) is 14.7. The van der Waals surface area contributed by atoms with E-state index in [1.165, 1.54) is 0 Å². The molecule has 2 aliphatic rings. The highest BCUT2D eigenvalue weighted by atomic mass is 16.3. The van der Waals surface area contributed by atoms with Crippen molar-refractivity contribution in [1.29, 1.82) is 0 Å². The first kappa shape index (κ1) is 18.8. The second-order valence-electron chi connectivity index (χ2n) is 8.21. The topological polar surface area (TPSA) is 87.4 Å². The highest BCUT2D eigenvalue weighted by molar-refractivity contribution is 5.85. The zero-order valence-electron chi connectivity index (χ0n) is 16.9. The molecule has 0 saturated carbocycles. The minimum absolute atomic E-state index is 0.0815. The molecule has 30 heavy (non-hydrogen) atoms. The molecule has 2 aromatic heterocycles. The Morgan fingerprint density at radius 3 is 2.53 bits per heavy atom. The lowest BCUT2D eigenvalue weighted by atomic mass is 9.93. The second kappa shape index (κ2) is 7.93. The molecule has 2 saturated heterocycles. The van der Waals surface area contributed by atoms with Gasteiger partial charge >= 0.3 is 0 Å². The maximum atomic E-state index is 13.0. The standard InChI is InChI=1S/C22H26N6O2/c29-19-3-1-2-16-4-5-20(25-21(16)19)26-10-6-17(7-11-26)22(30)27-12-8-18(9-13-27)28-15-23-14-24-28/h1-5,14-15,17-18,29H,6-13H2. The predicted octanol–water partition coefficient (Wildman–Crippen LogP) is 2.61. The summed E-state index contributed by atoms with van der Waals surface area (Å²) in [6.45, 7) is 3.18. The van der Waals surface area contributed by atoms with E-state index >= 15 is 0 Å². The Labute approximate surface area is 175 Å². The zero-order chi connectivity index (χ0) is 20.5. The number of fused-ring (bicyclic) bond motifs is 1. The van der Waals surface area contributed by atoms with Gasteiger partial charge in [0, 0.05) is 37.5 Å². The number of phenolic OH excluding ortho intramolecular Hbond substituents is 1. The van der Waals surface area contributed by atoms with Crippen molar-refractivity contribution < 1.29 is 9.90 Å². The van der Waals surface area contributed by atoms with Gasteiger partial charge in [-0.15, -0.1) is 0 Å². The molecular formula is C22H26N6O2. The molecule has 8 nitrogen and oxygen atoms in total. The number of piperidine rings is 2. The number of benzene rings is 1. The number of para-hydroxylation sites is 1. The molecule has 0 aliphatic carbocycles. The molecule has 8 heteroatoms. The van der Waals surface area contributed by atoms with Crippen molar-refractivity contribution >= 4 is 22.6 Å². The molecule has 1 aromatic carbocycles. The Kier molecular flexibility index (Phi) is 4.98. The summed E-state index contributed by atoms with van der Waals surface area (Å²) < 4.78 is 1.91. The Morgan fingerprint density at radius 1 is 1.00 bits per heavy atom. The first-order valence-corrected chi connectivity index (χ1v) is 10.7. The number of carbonyl (C=O) groups is 1. The van der Waals surface area contributed by atoms with Crippen LogP contribution in [0.4, 0.5) is 5.82 Å². The van der Waals surface area contributed by atoms with Gasteiger partial charge < -0.3 is 14.9 Å². The van der Waals surface area contributed by atoms with Gasteiger partial charge in [-0.1, -0.05) is 12.1 Å². The number of amides is 1. The van der Waals surface area contributed by atoms with Crippen LogP contribution in [-0.2, 0) is 4.79 Å². The molecule has 2 fully saturated rings. The Balaban J connectivity index is 1.18. The van der Waals surface area contributed by atoms with Crippen LogP contribution in [-0.4, -0.2) is 61.8 Å². The average Bonchev–Trinajstić information content (AvgIpc) is 3.34. The van der Waals surface area contributed by atoms with Crippen molar-refractivity contribution in [2.45, 2.75) is 31.7 Å². The highest BCUT2D eigenvalue weighted by Crippen LogP contribution is 2.29. The van der Waals surface area contributed by atoms with E-state index in [9.17, 15) is 9.90 Å². The van der Waals surface area contributed by atoms with Crippen LogP contribution in [0.3, 0.4) is 0 Å². The molecule has 4 heterocycles. The molecule has 1 N–H and O–H groups in total. The molecule has 0 unspecified atom stereocenters. The summed E-state index contributed by atoms with van der Waals surface area (Å²) in [6, 6.07) is 9.77. The lowest BCUT2D eigenvalue weighted by Gasteiger charge is -2.37. The minimum Gasteiger partial charge on any atom is -0.506 e. The van der Waals surface area contributed by atoms with Gasteiger partial charge in [0.15, 0.2) is 0 Å². The van der Waals surface area contributed by atoms with E-state index in [1.807, 2.05) is 33.8 Å². The van der Waals surface area contributed by atoms with Gasteiger partial charge in [0.05, 0.1) is 6.04 Å². The molecule has 0 radical (unpaired) electrons. The smallest absolute Gasteiger partial charge is 0.225 e. The summed E-state index contributed by atoms with van der Waals surface area (Å²) in [5.74, 6) is 1.44. The van der Waals surface area contributed by atoms with Gasteiger partial charge in [0.1, 0.15) is 29.7 Å². The number of aromatic hydroxyl groups is 1. The summed E-state index contributed by atoms with van der Waals surface area (Å²) in [4.78, 5) is 26.0. The molecule has 5 rings (SSSR count). The van der Waals surface area contributed by atoms with Crippen molar-refractivity contribution in [3.05, 3.63) is 43.0 Å². The molecule has 0 spiro atoms. The first-order valence-electron chi connectivity index (χ1n) is 10.7. The van der Waals surface area contributed by atoms with Gasteiger partial charge in [-0.25, -0.2) is 14.6 Å². The fourth-order valence-corrected chi connectivity index (χ4v) is 4.67. The number of hydrogen-bond acceptors (Lipinski definition) is 6.